The Hall–Kier alpha value is -2.21. The minimum absolute atomic E-state index is 0.0824. The van der Waals surface area contributed by atoms with Gasteiger partial charge in [0, 0.05) is 17.3 Å². The molecule has 1 aliphatic heterocycles. The molecule has 1 amide bonds. The number of nitrogens with zero attached hydrogens (tertiary/aromatic N) is 1. The lowest BCUT2D eigenvalue weighted by molar-refractivity contribution is -0.123. The van der Waals surface area contributed by atoms with Gasteiger partial charge >= 0.3 is 0 Å². The molecule has 2 heterocycles. The zero-order chi connectivity index (χ0) is 19.6. The Labute approximate surface area is 163 Å². The quantitative estimate of drug-likeness (QED) is 0.802. The Morgan fingerprint density at radius 1 is 1.22 bits per heavy atom. The third-order valence-corrected chi connectivity index (χ3v) is 7.52. The minimum atomic E-state index is -3.44. The van der Waals surface area contributed by atoms with Gasteiger partial charge in [0.15, 0.2) is 0 Å². The summed E-state index contributed by atoms with van der Waals surface area (Å²) in [4.78, 5) is 13.5. The van der Waals surface area contributed by atoms with Crippen molar-refractivity contribution in [2.75, 3.05) is 0 Å². The van der Waals surface area contributed by atoms with Crippen molar-refractivity contribution in [3.63, 3.8) is 0 Å². The predicted molar refractivity (Wildman–Crippen MR) is 106 cm³/mol. The molecule has 1 saturated heterocycles. The first kappa shape index (κ1) is 19.5. The summed E-state index contributed by atoms with van der Waals surface area (Å²) in [7, 11) is -3.44. The number of carbonyl (C=O) groups is 1. The molecule has 0 bridgehead atoms. The monoisotopic (exact) mass is 403 g/mol. The highest BCUT2D eigenvalue weighted by Crippen LogP contribution is 2.31. The SMILES string of the molecule is CC(C)S(=O)(=O)N[C@H]1CCC(=O)N[C@H]1c1ccc(-c2ccc(C#N)s2)cc1. The van der Waals surface area contributed by atoms with Gasteiger partial charge in [-0.05, 0) is 43.5 Å². The lowest BCUT2D eigenvalue weighted by atomic mass is 9.92. The van der Waals surface area contributed by atoms with E-state index < -0.39 is 21.3 Å². The highest BCUT2D eigenvalue weighted by atomic mass is 32.2. The molecule has 0 unspecified atom stereocenters. The fraction of sp³-hybridized carbons (Fsp3) is 0.368. The first-order valence-corrected chi connectivity index (χ1v) is 11.1. The molecule has 3 rings (SSSR count). The van der Waals surface area contributed by atoms with E-state index in [1.54, 1.807) is 19.9 Å². The van der Waals surface area contributed by atoms with Gasteiger partial charge in [-0.25, -0.2) is 13.1 Å². The molecule has 1 aromatic carbocycles. The first-order chi connectivity index (χ1) is 12.8. The number of nitriles is 1. The summed E-state index contributed by atoms with van der Waals surface area (Å²) >= 11 is 1.42. The van der Waals surface area contributed by atoms with Crippen molar-refractivity contribution in [3.05, 3.63) is 46.8 Å². The number of amides is 1. The molecule has 27 heavy (non-hydrogen) atoms. The van der Waals surface area contributed by atoms with E-state index in [4.69, 9.17) is 5.26 Å². The molecule has 1 aromatic heterocycles. The van der Waals surface area contributed by atoms with E-state index in [1.165, 1.54) is 11.3 Å². The van der Waals surface area contributed by atoms with Gasteiger partial charge in [0.2, 0.25) is 15.9 Å². The number of sulfonamides is 1. The molecule has 1 fully saturated rings. The summed E-state index contributed by atoms with van der Waals surface area (Å²) in [6.45, 7) is 3.26. The summed E-state index contributed by atoms with van der Waals surface area (Å²) in [5.74, 6) is -0.0824. The number of hydrogen-bond donors (Lipinski definition) is 2. The number of piperidine rings is 1. The van der Waals surface area contributed by atoms with Crippen molar-refractivity contribution in [2.24, 2.45) is 0 Å². The molecule has 0 radical (unpaired) electrons. The average molecular weight is 404 g/mol. The Kier molecular flexibility index (Phi) is 5.65. The molecule has 1 aliphatic rings. The molecule has 2 aromatic rings. The van der Waals surface area contributed by atoms with Gasteiger partial charge in [0.25, 0.3) is 0 Å². The maximum Gasteiger partial charge on any atom is 0.220 e. The third kappa shape index (κ3) is 4.38. The largest absolute Gasteiger partial charge is 0.348 e. The molecule has 0 spiro atoms. The summed E-state index contributed by atoms with van der Waals surface area (Å²) in [5, 5.41) is 11.3. The van der Waals surface area contributed by atoms with Crippen LogP contribution in [0.4, 0.5) is 0 Å². The number of thiophene rings is 1. The van der Waals surface area contributed by atoms with E-state index in [0.717, 1.165) is 16.0 Å². The van der Waals surface area contributed by atoms with Crippen molar-refractivity contribution in [1.29, 1.82) is 5.26 Å². The van der Waals surface area contributed by atoms with E-state index >= 15 is 0 Å². The van der Waals surface area contributed by atoms with Crippen LogP contribution < -0.4 is 10.0 Å². The lowest BCUT2D eigenvalue weighted by Gasteiger charge is -2.33. The number of hydrogen-bond acceptors (Lipinski definition) is 5. The van der Waals surface area contributed by atoms with Crippen LogP contribution in [0.3, 0.4) is 0 Å². The van der Waals surface area contributed by atoms with Crippen LogP contribution in [0.1, 0.15) is 43.2 Å². The second kappa shape index (κ2) is 7.80. The highest BCUT2D eigenvalue weighted by molar-refractivity contribution is 7.90. The number of benzene rings is 1. The van der Waals surface area contributed by atoms with Crippen LogP contribution in [-0.2, 0) is 14.8 Å². The van der Waals surface area contributed by atoms with E-state index in [0.29, 0.717) is 17.7 Å². The van der Waals surface area contributed by atoms with E-state index in [1.807, 2.05) is 30.3 Å². The minimum Gasteiger partial charge on any atom is -0.348 e. The number of rotatable bonds is 5. The van der Waals surface area contributed by atoms with Gasteiger partial charge in [0.05, 0.1) is 11.3 Å². The fourth-order valence-corrected chi connectivity index (χ4v) is 4.75. The molecule has 8 heteroatoms. The van der Waals surface area contributed by atoms with Gasteiger partial charge in [-0.15, -0.1) is 11.3 Å². The number of nitrogens with one attached hydrogen (secondary N) is 2. The molecular weight excluding hydrogens is 382 g/mol. The maximum absolute atomic E-state index is 12.3. The predicted octanol–water partition coefficient (Wildman–Crippen LogP) is 2.93. The average Bonchev–Trinajstić information content (AvgIpc) is 3.12. The van der Waals surface area contributed by atoms with Gasteiger partial charge in [0.1, 0.15) is 10.9 Å². The summed E-state index contributed by atoms with van der Waals surface area (Å²) < 4.78 is 27.3. The Bertz CT molecular complexity index is 972. The smallest absolute Gasteiger partial charge is 0.220 e. The van der Waals surface area contributed by atoms with Crippen LogP contribution in [0, 0.1) is 11.3 Å². The Morgan fingerprint density at radius 2 is 1.93 bits per heavy atom. The molecule has 2 N–H and O–H groups in total. The van der Waals surface area contributed by atoms with Crippen LogP contribution in [0.25, 0.3) is 10.4 Å². The summed E-state index contributed by atoms with van der Waals surface area (Å²) in [6, 6.07) is 12.7. The summed E-state index contributed by atoms with van der Waals surface area (Å²) in [6.07, 6.45) is 0.757. The van der Waals surface area contributed by atoms with E-state index in [-0.39, 0.29) is 11.9 Å². The number of carbonyl (C=O) groups excluding carboxylic acids is 1. The van der Waals surface area contributed by atoms with Gasteiger partial charge < -0.3 is 5.32 Å². The summed E-state index contributed by atoms with van der Waals surface area (Å²) in [5.41, 5.74) is 1.83. The topological polar surface area (TPSA) is 99.1 Å². The zero-order valence-corrected chi connectivity index (χ0v) is 16.7. The van der Waals surface area contributed by atoms with Crippen LogP contribution in [0.2, 0.25) is 0 Å². The third-order valence-electron chi connectivity index (χ3n) is 4.61. The molecule has 2 atom stereocenters. The van der Waals surface area contributed by atoms with Crippen molar-refractivity contribution in [2.45, 2.75) is 44.0 Å². The van der Waals surface area contributed by atoms with Gasteiger partial charge in [-0.2, -0.15) is 5.26 Å². The van der Waals surface area contributed by atoms with Crippen molar-refractivity contribution >= 4 is 27.3 Å². The fourth-order valence-electron chi connectivity index (χ4n) is 3.00. The van der Waals surface area contributed by atoms with Crippen molar-refractivity contribution < 1.29 is 13.2 Å². The lowest BCUT2D eigenvalue weighted by Crippen LogP contribution is -2.51. The molecule has 6 nitrogen and oxygen atoms in total. The van der Waals surface area contributed by atoms with Crippen molar-refractivity contribution in [1.82, 2.24) is 10.0 Å². The van der Waals surface area contributed by atoms with Crippen LogP contribution in [-0.4, -0.2) is 25.6 Å². The van der Waals surface area contributed by atoms with Gasteiger partial charge in [-0.1, -0.05) is 24.3 Å². The van der Waals surface area contributed by atoms with Gasteiger partial charge in [-0.3, -0.25) is 4.79 Å². The second-order valence-corrected chi connectivity index (χ2v) is 10.2. The van der Waals surface area contributed by atoms with Crippen molar-refractivity contribution in [3.8, 4) is 16.5 Å². The van der Waals surface area contributed by atoms with Crippen LogP contribution >= 0.6 is 11.3 Å². The molecule has 0 saturated carbocycles. The zero-order valence-electron chi connectivity index (χ0n) is 15.1. The van der Waals surface area contributed by atoms with Crippen LogP contribution in [0.15, 0.2) is 36.4 Å². The molecule has 0 aliphatic carbocycles. The first-order valence-electron chi connectivity index (χ1n) is 8.71. The second-order valence-electron chi connectivity index (χ2n) is 6.80. The Balaban J connectivity index is 1.85. The molecular formula is C19H21N3O3S2. The maximum atomic E-state index is 12.3. The Morgan fingerprint density at radius 3 is 2.52 bits per heavy atom. The highest BCUT2D eigenvalue weighted by Gasteiger charge is 2.33. The van der Waals surface area contributed by atoms with E-state index in [2.05, 4.69) is 16.1 Å². The molecule has 142 valence electrons. The normalized spacial score (nSPS) is 20.3. The van der Waals surface area contributed by atoms with Crippen LogP contribution in [0.5, 0.6) is 0 Å². The standard InChI is InChI=1S/C19H21N3O3S2/c1-12(2)27(24,25)22-16-8-10-18(23)21-19(16)14-5-3-13(4-6-14)17-9-7-15(11-20)26-17/h3-7,9,12,16,19,22H,8,10H2,1-2H3,(H,21,23)/t16-,19-/m0/s1. The van der Waals surface area contributed by atoms with E-state index in [9.17, 15) is 13.2 Å².